The molecule has 0 aromatic heterocycles. The molecule has 0 spiro atoms. The summed E-state index contributed by atoms with van der Waals surface area (Å²) < 4.78 is 15.6. The molecule has 0 saturated heterocycles. The largest absolute Gasteiger partial charge is 0.493 e. The van der Waals surface area contributed by atoms with Crippen molar-refractivity contribution in [3.05, 3.63) is 59.7 Å². The monoisotopic (exact) mass is 399 g/mol. The highest BCUT2D eigenvalue weighted by Crippen LogP contribution is 2.28. The standard InChI is InChI=1S/C23H29NO5/c1-16(2)18-7-9-19(10-8-18)24-14-20(25)15-29-21-11-5-17(13-22(21)27-3)6-12-23(26)28-4/h5-13,16,20,24-25H,14-15H2,1-4H3/b12-6+. The van der Waals surface area contributed by atoms with Gasteiger partial charge in [-0.05, 0) is 47.4 Å². The maximum Gasteiger partial charge on any atom is 0.330 e. The summed E-state index contributed by atoms with van der Waals surface area (Å²) in [6, 6.07) is 13.4. The predicted molar refractivity (Wildman–Crippen MR) is 115 cm³/mol. The molecule has 2 aromatic rings. The third-order valence-corrected chi connectivity index (χ3v) is 4.35. The lowest BCUT2D eigenvalue weighted by atomic mass is 10.0. The number of anilines is 1. The van der Waals surface area contributed by atoms with Crippen LogP contribution < -0.4 is 14.8 Å². The maximum atomic E-state index is 11.2. The number of aliphatic hydroxyl groups excluding tert-OH is 1. The zero-order valence-electron chi connectivity index (χ0n) is 17.3. The molecule has 2 N–H and O–H groups in total. The second kappa shape index (κ2) is 11.1. The predicted octanol–water partition coefficient (Wildman–Crippen LogP) is 3.86. The summed E-state index contributed by atoms with van der Waals surface area (Å²) in [4.78, 5) is 11.2. The summed E-state index contributed by atoms with van der Waals surface area (Å²) >= 11 is 0. The lowest BCUT2D eigenvalue weighted by molar-refractivity contribution is -0.134. The number of esters is 1. The molecule has 0 fully saturated rings. The molecule has 6 nitrogen and oxygen atoms in total. The maximum absolute atomic E-state index is 11.2. The smallest absolute Gasteiger partial charge is 0.330 e. The molecule has 0 aliphatic heterocycles. The minimum atomic E-state index is -0.691. The Hall–Kier alpha value is -2.99. The van der Waals surface area contributed by atoms with E-state index in [2.05, 4.69) is 36.0 Å². The third-order valence-electron chi connectivity index (χ3n) is 4.35. The van der Waals surface area contributed by atoms with Crippen LogP contribution in [0.25, 0.3) is 6.08 Å². The number of carbonyl (C=O) groups is 1. The second-order valence-corrected chi connectivity index (χ2v) is 6.89. The van der Waals surface area contributed by atoms with Crippen LogP contribution in [0.1, 0.15) is 30.9 Å². The Labute approximate surface area is 172 Å². The Morgan fingerprint density at radius 2 is 1.83 bits per heavy atom. The van der Waals surface area contributed by atoms with Crippen LogP contribution in [-0.4, -0.2) is 44.6 Å². The number of hydrogen-bond acceptors (Lipinski definition) is 6. The average Bonchev–Trinajstić information content (AvgIpc) is 2.74. The first-order chi connectivity index (χ1) is 13.9. The molecule has 156 valence electrons. The Kier molecular flexibility index (Phi) is 8.55. The molecule has 0 amide bonds. The Morgan fingerprint density at radius 3 is 2.45 bits per heavy atom. The van der Waals surface area contributed by atoms with Crippen molar-refractivity contribution in [2.45, 2.75) is 25.9 Å². The van der Waals surface area contributed by atoms with Crippen molar-refractivity contribution in [3.63, 3.8) is 0 Å². The van der Waals surface area contributed by atoms with E-state index in [1.807, 2.05) is 12.1 Å². The number of methoxy groups -OCH3 is 2. The molecule has 0 aliphatic carbocycles. The molecular weight excluding hydrogens is 370 g/mol. The van der Waals surface area contributed by atoms with Gasteiger partial charge in [-0.3, -0.25) is 0 Å². The molecule has 2 aromatic carbocycles. The summed E-state index contributed by atoms with van der Waals surface area (Å²) in [6.07, 6.45) is 2.27. The van der Waals surface area contributed by atoms with Crippen LogP contribution >= 0.6 is 0 Å². The van der Waals surface area contributed by atoms with Crippen LogP contribution in [0.4, 0.5) is 5.69 Å². The Bertz CT molecular complexity index is 815. The van der Waals surface area contributed by atoms with Crippen LogP contribution in [0.15, 0.2) is 48.5 Å². The fourth-order valence-electron chi connectivity index (χ4n) is 2.61. The highest BCUT2D eigenvalue weighted by Gasteiger charge is 2.10. The first kappa shape index (κ1) is 22.3. The van der Waals surface area contributed by atoms with Gasteiger partial charge in [-0.2, -0.15) is 0 Å². The molecule has 0 saturated carbocycles. The fraction of sp³-hybridized carbons (Fsp3) is 0.348. The molecule has 6 heteroatoms. The SMILES string of the molecule is COC(=O)/C=C/c1ccc(OCC(O)CNc2ccc(C(C)C)cc2)c(OC)c1. The summed E-state index contributed by atoms with van der Waals surface area (Å²) in [5.74, 6) is 1.09. The summed E-state index contributed by atoms with van der Waals surface area (Å²) in [7, 11) is 2.86. The number of carbonyl (C=O) groups excluding carboxylic acids is 1. The van der Waals surface area contributed by atoms with Crippen LogP contribution in [0.2, 0.25) is 0 Å². The third kappa shape index (κ3) is 7.16. The van der Waals surface area contributed by atoms with Gasteiger partial charge in [-0.1, -0.05) is 32.0 Å². The van der Waals surface area contributed by atoms with Crippen molar-refractivity contribution in [3.8, 4) is 11.5 Å². The first-order valence-corrected chi connectivity index (χ1v) is 9.51. The zero-order valence-corrected chi connectivity index (χ0v) is 17.3. The summed E-state index contributed by atoms with van der Waals surface area (Å²) in [5.41, 5.74) is 3.00. The van der Waals surface area contributed by atoms with Crippen molar-refractivity contribution in [1.82, 2.24) is 0 Å². The first-order valence-electron chi connectivity index (χ1n) is 9.51. The van der Waals surface area contributed by atoms with E-state index in [0.29, 0.717) is 24.0 Å². The highest BCUT2D eigenvalue weighted by molar-refractivity contribution is 5.87. The van der Waals surface area contributed by atoms with Crippen LogP contribution in [0.3, 0.4) is 0 Å². The molecule has 0 heterocycles. The van der Waals surface area contributed by atoms with Gasteiger partial charge in [0, 0.05) is 18.3 Å². The van der Waals surface area contributed by atoms with Gasteiger partial charge in [0.2, 0.25) is 0 Å². The molecule has 1 atom stereocenters. The number of hydrogen-bond donors (Lipinski definition) is 2. The fourth-order valence-corrected chi connectivity index (χ4v) is 2.61. The summed E-state index contributed by atoms with van der Waals surface area (Å²) in [5, 5.41) is 13.4. The number of aliphatic hydroxyl groups is 1. The minimum absolute atomic E-state index is 0.116. The molecule has 0 radical (unpaired) electrons. The van der Waals surface area contributed by atoms with E-state index in [0.717, 1.165) is 11.3 Å². The van der Waals surface area contributed by atoms with Gasteiger partial charge in [0.15, 0.2) is 11.5 Å². The van der Waals surface area contributed by atoms with Gasteiger partial charge in [0.1, 0.15) is 12.7 Å². The van der Waals surface area contributed by atoms with Crippen molar-refractivity contribution in [2.75, 3.05) is 32.7 Å². The average molecular weight is 399 g/mol. The van der Waals surface area contributed by atoms with E-state index in [-0.39, 0.29) is 6.61 Å². The number of ether oxygens (including phenoxy) is 3. The van der Waals surface area contributed by atoms with Gasteiger partial charge < -0.3 is 24.6 Å². The Balaban J connectivity index is 1.87. The zero-order chi connectivity index (χ0) is 21.2. The lowest BCUT2D eigenvalue weighted by Gasteiger charge is -2.16. The van der Waals surface area contributed by atoms with Gasteiger partial charge in [0.05, 0.1) is 14.2 Å². The van der Waals surface area contributed by atoms with Crippen LogP contribution in [0, 0.1) is 0 Å². The van der Waals surface area contributed by atoms with E-state index in [1.165, 1.54) is 25.9 Å². The normalized spacial score (nSPS) is 12.1. The van der Waals surface area contributed by atoms with Gasteiger partial charge in [-0.25, -0.2) is 4.79 Å². The van der Waals surface area contributed by atoms with Gasteiger partial charge >= 0.3 is 5.97 Å². The summed E-state index contributed by atoms with van der Waals surface area (Å²) in [6.45, 7) is 4.79. The number of nitrogens with one attached hydrogen (secondary N) is 1. The number of rotatable bonds is 10. The molecule has 1 unspecified atom stereocenters. The van der Waals surface area contributed by atoms with E-state index in [4.69, 9.17) is 9.47 Å². The molecule has 0 aliphatic rings. The quantitative estimate of drug-likeness (QED) is 0.467. The second-order valence-electron chi connectivity index (χ2n) is 6.89. The highest BCUT2D eigenvalue weighted by atomic mass is 16.5. The van der Waals surface area contributed by atoms with Gasteiger partial charge in [0.25, 0.3) is 0 Å². The van der Waals surface area contributed by atoms with Crippen molar-refractivity contribution in [2.24, 2.45) is 0 Å². The van der Waals surface area contributed by atoms with E-state index in [9.17, 15) is 9.90 Å². The van der Waals surface area contributed by atoms with E-state index in [1.54, 1.807) is 24.3 Å². The minimum Gasteiger partial charge on any atom is -0.493 e. The molecular formula is C23H29NO5. The van der Waals surface area contributed by atoms with Crippen molar-refractivity contribution >= 4 is 17.7 Å². The Morgan fingerprint density at radius 1 is 1.10 bits per heavy atom. The topological polar surface area (TPSA) is 77.0 Å². The molecule has 0 bridgehead atoms. The van der Waals surface area contributed by atoms with E-state index < -0.39 is 12.1 Å². The number of benzene rings is 2. The van der Waals surface area contributed by atoms with Crippen molar-refractivity contribution < 1.29 is 24.1 Å². The van der Waals surface area contributed by atoms with E-state index >= 15 is 0 Å². The van der Waals surface area contributed by atoms with Crippen molar-refractivity contribution in [1.29, 1.82) is 0 Å². The lowest BCUT2D eigenvalue weighted by Crippen LogP contribution is -2.26. The van der Waals surface area contributed by atoms with Crippen LogP contribution in [-0.2, 0) is 9.53 Å². The molecule has 29 heavy (non-hydrogen) atoms. The molecule has 2 rings (SSSR count). The van der Waals surface area contributed by atoms with Crippen LogP contribution in [0.5, 0.6) is 11.5 Å². The van der Waals surface area contributed by atoms with Gasteiger partial charge in [-0.15, -0.1) is 0 Å².